The molecule has 1 aliphatic heterocycles. The van der Waals surface area contributed by atoms with Gasteiger partial charge in [-0.05, 0) is 47.7 Å². The molecule has 1 aromatic rings. The topological polar surface area (TPSA) is 12.0 Å². The molecule has 0 amide bonds. The molecule has 1 saturated heterocycles. The van der Waals surface area contributed by atoms with Gasteiger partial charge in [0.15, 0.2) is 0 Å². The normalized spacial score (nSPS) is 27.3. The second kappa shape index (κ2) is 5.47. The molecule has 82 valence electrons. The fourth-order valence-corrected chi connectivity index (χ4v) is 2.78. The summed E-state index contributed by atoms with van der Waals surface area (Å²) in [6.45, 7) is 3.48. The van der Waals surface area contributed by atoms with Gasteiger partial charge in [0, 0.05) is 6.04 Å². The Kier molecular flexibility index (Phi) is 3.98. The molecule has 1 aliphatic rings. The van der Waals surface area contributed by atoms with E-state index in [-0.39, 0.29) is 0 Å². The maximum atomic E-state index is 3.56. The molecule has 2 heterocycles. The van der Waals surface area contributed by atoms with Gasteiger partial charge in [0.05, 0.1) is 0 Å². The number of rotatable bonds is 3. The first kappa shape index (κ1) is 10.9. The van der Waals surface area contributed by atoms with Crippen LogP contribution in [0.2, 0.25) is 0 Å². The van der Waals surface area contributed by atoms with Gasteiger partial charge in [-0.25, -0.2) is 0 Å². The van der Waals surface area contributed by atoms with Crippen molar-refractivity contribution in [2.24, 2.45) is 5.92 Å². The van der Waals surface area contributed by atoms with E-state index in [2.05, 4.69) is 41.2 Å². The first-order chi connectivity index (χ1) is 7.38. The molecule has 1 nitrogen and oxygen atoms in total. The minimum atomic E-state index is 0.587. The maximum Gasteiger partial charge on any atom is 0.0255 e. The van der Waals surface area contributed by atoms with Crippen molar-refractivity contribution in [1.29, 1.82) is 0 Å². The molecular weight excluding hydrogens is 202 g/mol. The summed E-state index contributed by atoms with van der Waals surface area (Å²) >= 11 is 1.76. The highest BCUT2D eigenvalue weighted by Crippen LogP contribution is 2.20. The van der Waals surface area contributed by atoms with Gasteiger partial charge in [-0.15, -0.1) is 0 Å². The van der Waals surface area contributed by atoms with Crippen LogP contribution in [0.5, 0.6) is 0 Å². The van der Waals surface area contributed by atoms with Crippen LogP contribution >= 0.6 is 11.3 Å². The average Bonchev–Trinajstić information content (AvgIpc) is 2.79. The van der Waals surface area contributed by atoms with Crippen molar-refractivity contribution in [1.82, 2.24) is 5.32 Å². The lowest BCUT2D eigenvalue weighted by molar-refractivity contribution is 0.326. The molecule has 0 aliphatic carbocycles. The van der Waals surface area contributed by atoms with Crippen LogP contribution in [0.1, 0.15) is 31.7 Å². The lowest BCUT2D eigenvalue weighted by Gasteiger charge is -2.27. The molecule has 2 rings (SSSR count). The Balaban J connectivity index is 1.88. The van der Waals surface area contributed by atoms with Crippen molar-refractivity contribution in [3.05, 3.63) is 28.5 Å². The van der Waals surface area contributed by atoms with Gasteiger partial charge in [0.2, 0.25) is 0 Å². The molecule has 0 bridgehead atoms. The second-order valence-corrected chi connectivity index (χ2v) is 5.06. The third kappa shape index (κ3) is 3.18. The van der Waals surface area contributed by atoms with Crippen molar-refractivity contribution in [3.63, 3.8) is 0 Å². The summed E-state index contributed by atoms with van der Waals surface area (Å²) in [5.74, 6) is 0.920. The minimum Gasteiger partial charge on any atom is -0.310 e. The van der Waals surface area contributed by atoms with Crippen LogP contribution in [0, 0.1) is 5.92 Å². The van der Waals surface area contributed by atoms with Crippen molar-refractivity contribution < 1.29 is 0 Å². The van der Waals surface area contributed by atoms with Crippen molar-refractivity contribution in [2.45, 2.75) is 32.2 Å². The fourth-order valence-electron chi connectivity index (χ4n) is 2.15. The Bertz CT molecular complexity index is 302. The molecule has 15 heavy (non-hydrogen) atoms. The standard InChI is InChI=1S/C13H19NS/c1-2-11-5-7-14-13(9-11)4-3-12-6-8-15-10-12/h3-4,6,8,10-11,13-14H,2,5,7,9H2,1H3/b4-3+. The van der Waals surface area contributed by atoms with E-state index in [4.69, 9.17) is 0 Å². The summed E-state index contributed by atoms with van der Waals surface area (Å²) in [5, 5.41) is 7.88. The summed E-state index contributed by atoms with van der Waals surface area (Å²) < 4.78 is 0. The van der Waals surface area contributed by atoms with Crippen LogP contribution in [-0.2, 0) is 0 Å². The minimum absolute atomic E-state index is 0.587. The van der Waals surface area contributed by atoms with Crippen LogP contribution in [-0.4, -0.2) is 12.6 Å². The Labute approximate surface area is 96.2 Å². The van der Waals surface area contributed by atoms with Gasteiger partial charge in [0.25, 0.3) is 0 Å². The largest absolute Gasteiger partial charge is 0.310 e. The third-order valence-electron chi connectivity index (χ3n) is 3.19. The fraction of sp³-hybridized carbons (Fsp3) is 0.538. The lowest BCUT2D eigenvalue weighted by Crippen LogP contribution is -2.36. The van der Waals surface area contributed by atoms with Gasteiger partial charge in [0.1, 0.15) is 0 Å². The van der Waals surface area contributed by atoms with E-state index in [9.17, 15) is 0 Å². The molecule has 1 aromatic heterocycles. The van der Waals surface area contributed by atoms with Crippen LogP contribution in [0.4, 0.5) is 0 Å². The Morgan fingerprint density at radius 3 is 3.27 bits per heavy atom. The molecular formula is C13H19NS. The zero-order chi connectivity index (χ0) is 10.5. The quantitative estimate of drug-likeness (QED) is 0.823. The van der Waals surface area contributed by atoms with Crippen molar-refractivity contribution in [2.75, 3.05) is 6.54 Å². The van der Waals surface area contributed by atoms with Crippen LogP contribution in [0.3, 0.4) is 0 Å². The Hall–Kier alpha value is -0.600. The molecule has 0 aromatic carbocycles. The molecule has 2 heteroatoms. The molecule has 1 N–H and O–H groups in total. The summed E-state index contributed by atoms with van der Waals surface area (Å²) in [7, 11) is 0. The predicted octanol–water partition coefficient (Wildman–Crippen LogP) is 3.54. The predicted molar refractivity (Wildman–Crippen MR) is 68.2 cm³/mol. The van der Waals surface area contributed by atoms with E-state index in [1.165, 1.54) is 31.4 Å². The molecule has 0 radical (unpaired) electrons. The molecule has 1 fully saturated rings. The SMILES string of the molecule is CCC1CCNC(/C=C/c2ccsc2)C1. The summed E-state index contributed by atoms with van der Waals surface area (Å²) in [6.07, 6.45) is 8.54. The van der Waals surface area contributed by atoms with E-state index in [0.29, 0.717) is 6.04 Å². The van der Waals surface area contributed by atoms with Crippen LogP contribution in [0.25, 0.3) is 6.08 Å². The smallest absolute Gasteiger partial charge is 0.0255 e. The Morgan fingerprint density at radius 1 is 1.60 bits per heavy atom. The summed E-state index contributed by atoms with van der Waals surface area (Å²) in [4.78, 5) is 0. The molecule has 2 atom stereocenters. The number of piperidine rings is 1. The number of thiophene rings is 1. The highest BCUT2D eigenvalue weighted by molar-refractivity contribution is 7.08. The summed E-state index contributed by atoms with van der Waals surface area (Å²) in [6, 6.07) is 2.75. The van der Waals surface area contributed by atoms with E-state index < -0.39 is 0 Å². The lowest BCUT2D eigenvalue weighted by atomic mass is 9.90. The zero-order valence-corrected chi connectivity index (χ0v) is 10.1. The van der Waals surface area contributed by atoms with Gasteiger partial charge >= 0.3 is 0 Å². The zero-order valence-electron chi connectivity index (χ0n) is 9.28. The number of nitrogens with one attached hydrogen (secondary N) is 1. The van der Waals surface area contributed by atoms with E-state index in [1.807, 2.05) is 0 Å². The second-order valence-electron chi connectivity index (χ2n) is 4.28. The average molecular weight is 221 g/mol. The van der Waals surface area contributed by atoms with Gasteiger partial charge < -0.3 is 5.32 Å². The van der Waals surface area contributed by atoms with Gasteiger partial charge in [-0.3, -0.25) is 0 Å². The van der Waals surface area contributed by atoms with E-state index >= 15 is 0 Å². The first-order valence-electron chi connectivity index (χ1n) is 5.82. The van der Waals surface area contributed by atoms with E-state index in [1.54, 1.807) is 11.3 Å². The van der Waals surface area contributed by atoms with Crippen LogP contribution in [0.15, 0.2) is 22.9 Å². The van der Waals surface area contributed by atoms with Gasteiger partial charge in [-0.1, -0.05) is 25.5 Å². The maximum absolute atomic E-state index is 3.56. The molecule has 0 spiro atoms. The monoisotopic (exact) mass is 221 g/mol. The highest BCUT2D eigenvalue weighted by atomic mass is 32.1. The highest BCUT2D eigenvalue weighted by Gasteiger charge is 2.17. The van der Waals surface area contributed by atoms with Crippen molar-refractivity contribution >= 4 is 17.4 Å². The molecule has 2 unspecified atom stereocenters. The number of hydrogen-bond acceptors (Lipinski definition) is 2. The van der Waals surface area contributed by atoms with Gasteiger partial charge in [-0.2, -0.15) is 11.3 Å². The summed E-state index contributed by atoms with van der Waals surface area (Å²) in [5.41, 5.74) is 1.33. The van der Waals surface area contributed by atoms with Crippen LogP contribution < -0.4 is 5.32 Å². The van der Waals surface area contributed by atoms with E-state index in [0.717, 1.165) is 5.92 Å². The number of hydrogen-bond donors (Lipinski definition) is 1. The van der Waals surface area contributed by atoms with Crippen molar-refractivity contribution in [3.8, 4) is 0 Å². The Morgan fingerprint density at radius 2 is 2.53 bits per heavy atom. The molecule has 0 saturated carbocycles. The third-order valence-corrected chi connectivity index (χ3v) is 3.89. The first-order valence-corrected chi connectivity index (χ1v) is 6.76.